The van der Waals surface area contributed by atoms with Gasteiger partial charge < -0.3 is 10.0 Å². The minimum atomic E-state index is 0.405. The summed E-state index contributed by atoms with van der Waals surface area (Å²) < 4.78 is 0. The lowest BCUT2D eigenvalue weighted by Crippen LogP contribution is -2.21. The van der Waals surface area contributed by atoms with Gasteiger partial charge >= 0.3 is 0 Å². The molecule has 0 saturated carbocycles. The average molecular weight is 411 g/mol. The van der Waals surface area contributed by atoms with Gasteiger partial charge in [0.25, 0.3) is 0 Å². The number of nitrogens with zero attached hydrogens (tertiary/aromatic N) is 1. The maximum Gasteiger partial charge on any atom is 0.126 e. The van der Waals surface area contributed by atoms with E-state index in [4.69, 9.17) is 0 Å². The van der Waals surface area contributed by atoms with Gasteiger partial charge in [-0.2, -0.15) is 0 Å². The summed E-state index contributed by atoms with van der Waals surface area (Å²) in [6.07, 6.45) is 0. The molecule has 0 aliphatic heterocycles. The normalized spacial score (nSPS) is 11.1. The topological polar surface area (TPSA) is 23.5 Å². The molecule has 0 aliphatic rings. The third-order valence-electron chi connectivity index (χ3n) is 5.23. The first-order valence-corrected chi connectivity index (χ1v) is 11.1. The molecule has 4 aromatic rings. The Balaban J connectivity index is 1.73. The number of aromatic hydroxyl groups is 1. The van der Waals surface area contributed by atoms with Gasteiger partial charge in [-0.1, -0.05) is 86.9 Å². The van der Waals surface area contributed by atoms with E-state index >= 15 is 0 Å². The monoisotopic (exact) mass is 411 g/mol. The lowest BCUT2D eigenvalue weighted by Gasteiger charge is -2.26. The Hall–Kier alpha value is -3.09. The second-order valence-electron chi connectivity index (χ2n) is 7.51. The van der Waals surface area contributed by atoms with Crippen LogP contribution in [-0.4, -0.2) is 5.11 Å². The van der Waals surface area contributed by atoms with Gasteiger partial charge in [-0.25, -0.2) is 0 Å². The summed E-state index contributed by atoms with van der Waals surface area (Å²) in [5.41, 5.74) is 5.77. The highest BCUT2D eigenvalue weighted by Crippen LogP contribution is 2.29. The van der Waals surface area contributed by atoms with E-state index in [-0.39, 0.29) is 0 Å². The third-order valence-corrected chi connectivity index (χ3v) is 6.66. The maximum atomic E-state index is 10.5. The Morgan fingerprint density at radius 1 is 0.700 bits per heavy atom. The first kappa shape index (κ1) is 20.2. The molecular weight excluding hydrogens is 385 g/mol. The van der Waals surface area contributed by atoms with E-state index in [1.165, 1.54) is 16.4 Å². The Labute approximate surface area is 180 Å². The molecule has 0 aromatic heterocycles. The van der Waals surface area contributed by atoms with Gasteiger partial charge in [0.2, 0.25) is 0 Å². The number of benzene rings is 4. The largest absolute Gasteiger partial charge is 0.507 e. The van der Waals surface area contributed by atoms with Gasteiger partial charge in [-0.3, -0.25) is 0 Å². The number of hydrogen-bond donors (Lipinski definition) is 1. The molecule has 150 valence electrons. The standard InChI is InChI=1S/C27H26NOP/c1-20-16-17-25(30-26-15-9-10-21(2)27(26)29)22(18-20)19-28(23-11-5-3-6-12-23)24-13-7-4-8-14-24/h3-18,29-30H,19H2,1-2H3. The molecule has 1 atom stereocenters. The van der Waals surface area contributed by atoms with Crippen molar-refractivity contribution in [1.29, 1.82) is 0 Å². The minimum Gasteiger partial charge on any atom is -0.507 e. The van der Waals surface area contributed by atoms with Crippen molar-refractivity contribution in [3.63, 3.8) is 0 Å². The summed E-state index contributed by atoms with van der Waals surface area (Å²) in [5, 5.41) is 12.8. The van der Waals surface area contributed by atoms with Crippen LogP contribution < -0.4 is 15.5 Å². The SMILES string of the molecule is Cc1ccc(Pc2cccc(C)c2O)c(CN(c2ccccc2)c2ccccc2)c1. The molecule has 30 heavy (non-hydrogen) atoms. The fourth-order valence-electron chi connectivity index (χ4n) is 3.60. The molecule has 0 radical (unpaired) electrons. The highest BCUT2D eigenvalue weighted by atomic mass is 31.1. The predicted molar refractivity (Wildman–Crippen MR) is 130 cm³/mol. The molecule has 0 bridgehead atoms. The number of para-hydroxylation sites is 3. The quantitative estimate of drug-likeness (QED) is 0.395. The van der Waals surface area contributed by atoms with Crippen LogP contribution >= 0.6 is 8.58 Å². The number of phenolic OH excluding ortho intramolecular Hbond substituents is 1. The Morgan fingerprint density at radius 2 is 1.33 bits per heavy atom. The zero-order valence-electron chi connectivity index (χ0n) is 17.3. The highest BCUT2D eigenvalue weighted by molar-refractivity contribution is 7.55. The molecule has 4 aromatic carbocycles. The van der Waals surface area contributed by atoms with E-state index in [1.807, 2.05) is 37.3 Å². The summed E-state index contributed by atoms with van der Waals surface area (Å²) in [4.78, 5) is 2.35. The molecule has 0 fully saturated rings. The summed E-state index contributed by atoms with van der Waals surface area (Å²) in [5.74, 6) is 0.408. The summed E-state index contributed by atoms with van der Waals surface area (Å²) in [6.45, 7) is 4.85. The zero-order chi connectivity index (χ0) is 20.9. The fraction of sp³-hybridized carbons (Fsp3) is 0.111. The third kappa shape index (κ3) is 4.56. The second-order valence-corrected chi connectivity index (χ2v) is 8.84. The van der Waals surface area contributed by atoms with E-state index in [9.17, 15) is 5.11 Å². The van der Waals surface area contributed by atoms with Crippen LogP contribution in [0.4, 0.5) is 11.4 Å². The van der Waals surface area contributed by atoms with Crippen LogP contribution in [0.25, 0.3) is 0 Å². The van der Waals surface area contributed by atoms with Crippen molar-refractivity contribution in [3.8, 4) is 5.75 Å². The van der Waals surface area contributed by atoms with Crippen molar-refractivity contribution < 1.29 is 5.11 Å². The smallest absolute Gasteiger partial charge is 0.126 e. The van der Waals surface area contributed by atoms with Crippen LogP contribution in [0.5, 0.6) is 5.75 Å². The molecule has 0 amide bonds. The first-order chi connectivity index (χ1) is 14.6. The van der Waals surface area contributed by atoms with Crippen molar-refractivity contribution in [1.82, 2.24) is 0 Å². The Kier molecular flexibility index (Phi) is 6.16. The van der Waals surface area contributed by atoms with Gasteiger partial charge in [0.05, 0.1) is 0 Å². The van der Waals surface area contributed by atoms with Crippen LogP contribution in [0.2, 0.25) is 0 Å². The summed E-state index contributed by atoms with van der Waals surface area (Å²) in [6, 6.07) is 33.6. The Bertz CT molecular complexity index is 1090. The van der Waals surface area contributed by atoms with Crippen molar-refractivity contribution in [2.75, 3.05) is 4.90 Å². The molecular formula is C27H26NOP. The van der Waals surface area contributed by atoms with Crippen molar-refractivity contribution in [2.24, 2.45) is 0 Å². The van der Waals surface area contributed by atoms with Crippen LogP contribution in [0.1, 0.15) is 16.7 Å². The average Bonchev–Trinajstić information content (AvgIpc) is 2.78. The van der Waals surface area contributed by atoms with E-state index in [0.717, 1.165) is 28.8 Å². The van der Waals surface area contributed by atoms with Gasteiger partial charge in [0, 0.05) is 23.2 Å². The van der Waals surface area contributed by atoms with Gasteiger partial charge in [0.1, 0.15) is 5.75 Å². The van der Waals surface area contributed by atoms with Gasteiger partial charge in [-0.05, 0) is 54.5 Å². The lowest BCUT2D eigenvalue weighted by molar-refractivity contribution is 0.475. The van der Waals surface area contributed by atoms with E-state index < -0.39 is 0 Å². The first-order valence-electron chi connectivity index (χ1n) is 10.1. The van der Waals surface area contributed by atoms with Crippen molar-refractivity contribution in [2.45, 2.75) is 20.4 Å². The number of phenols is 1. The molecule has 0 spiro atoms. The van der Waals surface area contributed by atoms with Gasteiger partial charge in [-0.15, -0.1) is 0 Å². The molecule has 1 unspecified atom stereocenters. The van der Waals surface area contributed by atoms with Crippen LogP contribution in [0.3, 0.4) is 0 Å². The summed E-state index contributed by atoms with van der Waals surface area (Å²) in [7, 11) is 0.405. The summed E-state index contributed by atoms with van der Waals surface area (Å²) >= 11 is 0. The van der Waals surface area contributed by atoms with E-state index in [1.54, 1.807) is 0 Å². The second kappa shape index (κ2) is 9.15. The molecule has 1 N–H and O–H groups in total. The van der Waals surface area contributed by atoms with E-state index in [2.05, 4.69) is 78.6 Å². The van der Waals surface area contributed by atoms with Crippen molar-refractivity contribution >= 4 is 30.6 Å². The molecule has 4 rings (SSSR count). The van der Waals surface area contributed by atoms with Gasteiger partial charge in [0.15, 0.2) is 0 Å². The number of rotatable bonds is 6. The number of anilines is 2. The fourth-order valence-corrected chi connectivity index (χ4v) is 4.86. The highest BCUT2D eigenvalue weighted by Gasteiger charge is 2.14. The Morgan fingerprint density at radius 3 is 1.97 bits per heavy atom. The number of hydrogen-bond acceptors (Lipinski definition) is 2. The zero-order valence-corrected chi connectivity index (χ0v) is 18.3. The molecule has 0 saturated heterocycles. The minimum absolute atomic E-state index is 0.405. The van der Waals surface area contributed by atoms with Crippen LogP contribution in [-0.2, 0) is 6.54 Å². The van der Waals surface area contributed by atoms with Crippen molar-refractivity contribution in [3.05, 3.63) is 114 Å². The molecule has 2 nitrogen and oxygen atoms in total. The lowest BCUT2D eigenvalue weighted by atomic mass is 10.1. The molecule has 0 aliphatic carbocycles. The predicted octanol–water partition coefficient (Wildman–Crippen LogP) is 5.98. The molecule has 3 heteroatoms. The molecule has 0 heterocycles. The van der Waals surface area contributed by atoms with E-state index in [0.29, 0.717) is 14.3 Å². The van der Waals surface area contributed by atoms with Crippen LogP contribution in [0, 0.1) is 13.8 Å². The number of aryl methyl sites for hydroxylation is 2. The maximum absolute atomic E-state index is 10.5. The van der Waals surface area contributed by atoms with Crippen LogP contribution in [0.15, 0.2) is 97.1 Å².